The second-order valence-corrected chi connectivity index (χ2v) is 10.2. The van der Waals surface area contributed by atoms with E-state index >= 15 is 0 Å². The molecule has 0 radical (unpaired) electrons. The Bertz CT molecular complexity index is 1180. The Morgan fingerprint density at radius 2 is 1.50 bits per heavy atom. The maximum atomic E-state index is 14.0. The zero-order valence-corrected chi connectivity index (χ0v) is 19.3. The topological polar surface area (TPSA) is 107 Å². The van der Waals surface area contributed by atoms with Gasteiger partial charge in [-0.3, -0.25) is 19.3 Å². The largest absolute Gasteiger partial charge is 0.367 e. The number of imide groups is 1. The van der Waals surface area contributed by atoms with Crippen molar-refractivity contribution >= 4 is 33.4 Å². The Balaban J connectivity index is 1.20. The average molecular weight is 489 g/mol. The molecule has 9 nitrogen and oxygen atoms in total. The number of halogens is 1. The van der Waals surface area contributed by atoms with Crippen LogP contribution >= 0.6 is 0 Å². The molecular formula is C23H25FN4O5S. The summed E-state index contributed by atoms with van der Waals surface area (Å²) >= 11 is 0. The number of hydrogen-bond donors (Lipinski definition) is 1. The molecule has 0 atom stereocenters. The summed E-state index contributed by atoms with van der Waals surface area (Å²) in [7, 11) is -3.53. The maximum absolute atomic E-state index is 14.0. The monoisotopic (exact) mass is 488 g/mol. The quantitative estimate of drug-likeness (QED) is 0.440. The van der Waals surface area contributed by atoms with Gasteiger partial charge in [0.25, 0.3) is 11.8 Å². The molecule has 1 fully saturated rings. The first-order valence-electron chi connectivity index (χ1n) is 11.0. The average Bonchev–Trinajstić information content (AvgIpc) is 3.07. The summed E-state index contributed by atoms with van der Waals surface area (Å²) < 4.78 is 40.7. The number of nitrogens with zero attached hydrogens (tertiary/aromatic N) is 3. The van der Waals surface area contributed by atoms with Crippen molar-refractivity contribution in [2.75, 3.05) is 49.9 Å². The van der Waals surface area contributed by atoms with Gasteiger partial charge in [-0.1, -0.05) is 24.3 Å². The fourth-order valence-electron chi connectivity index (χ4n) is 4.11. The molecule has 2 heterocycles. The van der Waals surface area contributed by atoms with Gasteiger partial charge in [-0.2, -0.15) is 4.31 Å². The van der Waals surface area contributed by atoms with E-state index < -0.39 is 34.3 Å². The van der Waals surface area contributed by atoms with E-state index in [0.29, 0.717) is 18.8 Å². The van der Waals surface area contributed by atoms with Crippen LogP contribution < -0.4 is 10.2 Å². The fraction of sp³-hybridized carbons (Fsp3) is 0.348. The summed E-state index contributed by atoms with van der Waals surface area (Å²) in [5.74, 6) is -2.07. The van der Waals surface area contributed by atoms with Gasteiger partial charge in [0, 0.05) is 32.7 Å². The van der Waals surface area contributed by atoms with Gasteiger partial charge in [0.15, 0.2) is 0 Å². The van der Waals surface area contributed by atoms with Crippen molar-refractivity contribution in [1.82, 2.24) is 14.5 Å². The number of nitrogens with one attached hydrogen (secondary N) is 1. The number of anilines is 1. The standard InChI is InChI=1S/C23H25FN4O5S/c24-19-8-3-4-9-20(19)26-11-13-27(14-12-26)34(32,33)15-5-10-25-21(29)16-28-22(30)17-6-1-2-7-18(17)23(28)31/h1-4,6-9H,5,10-16H2,(H,25,29). The molecule has 180 valence electrons. The number of piperazine rings is 1. The molecule has 3 amide bonds. The highest BCUT2D eigenvalue weighted by molar-refractivity contribution is 7.89. The molecule has 0 aliphatic carbocycles. The number of para-hydroxylation sites is 1. The van der Waals surface area contributed by atoms with E-state index in [1.165, 1.54) is 22.5 Å². The first-order chi connectivity index (χ1) is 16.3. The Morgan fingerprint density at radius 1 is 0.912 bits per heavy atom. The first kappa shape index (κ1) is 23.8. The van der Waals surface area contributed by atoms with Crippen molar-refractivity contribution in [2.24, 2.45) is 0 Å². The summed E-state index contributed by atoms with van der Waals surface area (Å²) in [5, 5.41) is 2.57. The van der Waals surface area contributed by atoms with Crippen LogP contribution in [0.1, 0.15) is 27.1 Å². The summed E-state index contributed by atoms with van der Waals surface area (Å²) in [6, 6.07) is 12.8. The van der Waals surface area contributed by atoms with E-state index in [1.807, 2.05) is 4.90 Å². The lowest BCUT2D eigenvalue weighted by molar-refractivity contribution is -0.121. The highest BCUT2D eigenvalue weighted by Gasteiger charge is 2.36. The number of benzene rings is 2. The summed E-state index contributed by atoms with van der Waals surface area (Å²) in [6.45, 7) is 0.952. The zero-order chi connectivity index (χ0) is 24.3. The van der Waals surface area contributed by atoms with E-state index in [4.69, 9.17) is 0 Å². The van der Waals surface area contributed by atoms with Gasteiger partial charge in [-0.15, -0.1) is 0 Å². The van der Waals surface area contributed by atoms with Crippen molar-refractivity contribution in [3.63, 3.8) is 0 Å². The first-order valence-corrected chi connectivity index (χ1v) is 12.6. The Labute approximate surface area is 197 Å². The molecule has 34 heavy (non-hydrogen) atoms. The number of amides is 3. The third-order valence-corrected chi connectivity index (χ3v) is 7.86. The van der Waals surface area contributed by atoms with Gasteiger partial charge < -0.3 is 10.2 Å². The van der Waals surface area contributed by atoms with E-state index in [-0.39, 0.29) is 48.8 Å². The third-order valence-electron chi connectivity index (χ3n) is 5.91. The van der Waals surface area contributed by atoms with Gasteiger partial charge in [-0.25, -0.2) is 12.8 Å². The highest BCUT2D eigenvalue weighted by atomic mass is 32.2. The van der Waals surface area contributed by atoms with Crippen LogP contribution in [0.3, 0.4) is 0 Å². The molecule has 1 saturated heterocycles. The van der Waals surface area contributed by atoms with Crippen molar-refractivity contribution in [3.8, 4) is 0 Å². The second-order valence-electron chi connectivity index (χ2n) is 8.10. The SMILES string of the molecule is O=C(CN1C(=O)c2ccccc2C1=O)NCCCS(=O)(=O)N1CCN(c2ccccc2F)CC1. The summed E-state index contributed by atoms with van der Waals surface area (Å²) in [6.07, 6.45) is 0.184. The van der Waals surface area contributed by atoms with Crippen molar-refractivity contribution in [1.29, 1.82) is 0 Å². The number of sulfonamides is 1. The molecule has 0 saturated carbocycles. The van der Waals surface area contributed by atoms with Crippen molar-refractivity contribution in [3.05, 3.63) is 65.5 Å². The predicted octanol–water partition coefficient (Wildman–Crippen LogP) is 1.08. The van der Waals surface area contributed by atoms with E-state index in [0.717, 1.165) is 4.90 Å². The normalized spacial score (nSPS) is 16.6. The van der Waals surface area contributed by atoms with Crippen LogP contribution in [0.2, 0.25) is 0 Å². The highest BCUT2D eigenvalue weighted by Crippen LogP contribution is 2.22. The molecule has 0 aromatic heterocycles. The maximum Gasteiger partial charge on any atom is 0.262 e. The zero-order valence-electron chi connectivity index (χ0n) is 18.4. The Kier molecular flexibility index (Phi) is 6.94. The molecule has 1 N–H and O–H groups in total. The van der Waals surface area contributed by atoms with E-state index in [2.05, 4.69) is 5.32 Å². The molecule has 0 spiro atoms. The van der Waals surface area contributed by atoms with E-state index in [1.54, 1.807) is 30.3 Å². The van der Waals surface area contributed by atoms with Crippen LogP contribution in [-0.2, 0) is 14.8 Å². The van der Waals surface area contributed by atoms with Gasteiger partial charge in [0.1, 0.15) is 12.4 Å². The lowest BCUT2D eigenvalue weighted by atomic mass is 10.1. The fourth-order valence-corrected chi connectivity index (χ4v) is 5.60. The molecule has 0 unspecified atom stereocenters. The van der Waals surface area contributed by atoms with E-state index in [9.17, 15) is 27.2 Å². The minimum absolute atomic E-state index is 0.0937. The molecule has 2 aliphatic rings. The van der Waals surface area contributed by atoms with Gasteiger partial charge in [0.2, 0.25) is 15.9 Å². The number of hydrogen-bond acceptors (Lipinski definition) is 6. The molecule has 2 aromatic carbocycles. The second kappa shape index (κ2) is 9.90. The molecule has 11 heteroatoms. The number of carbonyl (C=O) groups excluding carboxylic acids is 3. The van der Waals surface area contributed by atoms with Crippen molar-refractivity contribution < 1.29 is 27.2 Å². The van der Waals surface area contributed by atoms with Gasteiger partial charge in [-0.05, 0) is 30.7 Å². The van der Waals surface area contributed by atoms with Crippen LogP contribution in [0, 0.1) is 5.82 Å². The Hall–Kier alpha value is -3.31. The van der Waals surface area contributed by atoms with Crippen LogP contribution in [0.15, 0.2) is 48.5 Å². The smallest absolute Gasteiger partial charge is 0.262 e. The van der Waals surface area contributed by atoms with Crippen LogP contribution in [-0.4, -0.2) is 80.4 Å². The van der Waals surface area contributed by atoms with Gasteiger partial charge in [0.05, 0.1) is 22.6 Å². The van der Waals surface area contributed by atoms with Crippen LogP contribution in [0.25, 0.3) is 0 Å². The lowest BCUT2D eigenvalue weighted by Crippen LogP contribution is -2.49. The molecular weight excluding hydrogens is 463 g/mol. The molecule has 4 rings (SSSR count). The number of fused-ring (bicyclic) bond motifs is 1. The molecule has 2 aromatic rings. The minimum Gasteiger partial charge on any atom is -0.367 e. The summed E-state index contributed by atoms with van der Waals surface area (Å²) in [5.41, 5.74) is 0.989. The number of carbonyl (C=O) groups is 3. The Morgan fingerprint density at radius 3 is 2.12 bits per heavy atom. The number of rotatable bonds is 8. The molecule has 0 bridgehead atoms. The molecule has 2 aliphatic heterocycles. The predicted molar refractivity (Wildman–Crippen MR) is 123 cm³/mol. The summed E-state index contributed by atoms with van der Waals surface area (Å²) in [4.78, 5) is 39.6. The third kappa shape index (κ3) is 4.95. The van der Waals surface area contributed by atoms with Crippen LogP contribution in [0.4, 0.5) is 10.1 Å². The minimum atomic E-state index is -3.53. The van der Waals surface area contributed by atoms with Gasteiger partial charge >= 0.3 is 0 Å². The lowest BCUT2D eigenvalue weighted by Gasteiger charge is -2.35. The van der Waals surface area contributed by atoms with Crippen LogP contribution in [0.5, 0.6) is 0 Å². The van der Waals surface area contributed by atoms with Crippen molar-refractivity contribution in [2.45, 2.75) is 6.42 Å².